The molecular formula is C18H28O. The van der Waals surface area contributed by atoms with Crippen molar-refractivity contribution in [2.75, 3.05) is 0 Å². The van der Waals surface area contributed by atoms with Gasteiger partial charge in [-0.3, -0.25) is 0 Å². The largest absolute Gasteiger partial charge is 0.393 e. The number of rotatable bonds is 6. The fourth-order valence-electron chi connectivity index (χ4n) is 3.54. The summed E-state index contributed by atoms with van der Waals surface area (Å²) in [4.78, 5) is 0. The van der Waals surface area contributed by atoms with Crippen LogP contribution in [0.15, 0.2) is 30.3 Å². The minimum Gasteiger partial charge on any atom is -0.393 e. The van der Waals surface area contributed by atoms with E-state index in [1.54, 1.807) is 0 Å². The van der Waals surface area contributed by atoms with Crippen LogP contribution in [0.4, 0.5) is 0 Å². The van der Waals surface area contributed by atoms with E-state index in [0.717, 1.165) is 18.8 Å². The molecule has 1 aromatic rings. The number of hydrogen-bond donors (Lipinski definition) is 1. The Morgan fingerprint density at radius 1 is 1.11 bits per heavy atom. The maximum absolute atomic E-state index is 10.2. The standard InChI is InChI=1S/C18H28O/c1-2-7-16-12-13-18(19)17(14-16)11-6-10-15-8-4-3-5-9-15/h3-5,8-9,16-19H,2,6-7,10-14H2,1H3. The average Bonchev–Trinajstić information content (AvgIpc) is 2.44. The molecule has 1 N–H and O–H groups in total. The van der Waals surface area contributed by atoms with Gasteiger partial charge in [0.25, 0.3) is 0 Å². The van der Waals surface area contributed by atoms with Crippen LogP contribution < -0.4 is 0 Å². The molecule has 3 unspecified atom stereocenters. The van der Waals surface area contributed by atoms with Crippen molar-refractivity contribution in [3.63, 3.8) is 0 Å². The third-order valence-electron chi connectivity index (χ3n) is 4.63. The normalized spacial score (nSPS) is 27.4. The van der Waals surface area contributed by atoms with E-state index in [9.17, 15) is 5.11 Å². The second-order valence-electron chi connectivity index (χ2n) is 6.17. The first-order valence-electron chi connectivity index (χ1n) is 8.01. The first-order valence-corrected chi connectivity index (χ1v) is 8.01. The van der Waals surface area contributed by atoms with E-state index in [4.69, 9.17) is 0 Å². The van der Waals surface area contributed by atoms with Crippen molar-refractivity contribution in [3.8, 4) is 0 Å². The zero-order chi connectivity index (χ0) is 13.5. The maximum atomic E-state index is 10.2. The molecule has 0 amide bonds. The van der Waals surface area contributed by atoms with Gasteiger partial charge in [-0.25, -0.2) is 0 Å². The molecule has 1 saturated carbocycles. The Morgan fingerprint density at radius 3 is 2.63 bits per heavy atom. The van der Waals surface area contributed by atoms with E-state index in [2.05, 4.69) is 37.3 Å². The van der Waals surface area contributed by atoms with Crippen molar-refractivity contribution in [2.45, 2.75) is 64.4 Å². The van der Waals surface area contributed by atoms with Gasteiger partial charge in [0.15, 0.2) is 0 Å². The van der Waals surface area contributed by atoms with Crippen molar-refractivity contribution in [3.05, 3.63) is 35.9 Å². The first kappa shape index (κ1) is 14.6. The van der Waals surface area contributed by atoms with E-state index < -0.39 is 0 Å². The van der Waals surface area contributed by atoms with Crippen molar-refractivity contribution in [1.82, 2.24) is 0 Å². The van der Waals surface area contributed by atoms with Crippen LogP contribution in [0.25, 0.3) is 0 Å². The van der Waals surface area contributed by atoms with Gasteiger partial charge in [-0.2, -0.15) is 0 Å². The topological polar surface area (TPSA) is 20.2 Å². The monoisotopic (exact) mass is 260 g/mol. The third kappa shape index (κ3) is 4.65. The highest BCUT2D eigenvalue weighted by Gasteiger charge is 2.28. The highest BCUT2D eigenvalue weighted by molar-refractivity contribution is 5.14. The van der Waals surface area contributed by atoms with Crippen LogP contribution in [0.2, 0.25) is 0 Å². The maximum Gasteiger partial charge on any atom is 0.0568 e. The SMILES string of the molecule is CCCC1CCC(O)C(CCCc2ccccc2)C1. The molecule has 1 nitrogen and oxygen atoms in total. The van der Waals surface area contributed by atoms with E-state index in [-0.39, 0.29) is 6.10 Å². The molecule has 19 heavy (non-hydrogen) atoms. The molecule has 3 atom stereocenters. The zero-order valence-corrected chi connectivity index (χ0v) is 12.2. The van der Waals surface area contributed by atoms with E-state index >= 15 is 0 Å². The number of aliphatic hydroxyl groups is 1. The van der Waals surface area contributed by atoms with Gasteiger partial charge in [-0.1, -0.05) is 50.1 Å². The van der Waals surface area contributed by atoms with Gasteiger partial charge in [-0.05, 0) is 55.9 Å². The molecule has 2 rings (SSSR count). The smallest absolute Gasteiger partial charge is 0.0568 e. The Labute approximate surface area is 118 Å². The minimum atomic E-state index is -0.0381. The molecule has 0 aliphatic heterocycles. The highest BCUT2D eigenvalue weighted by Crippen LogP contribution is 2.34. The summed E-state index contributed by atoms with van der Waals surface area (Å²) in [6.07, 6.45) is 9.68. The Kier molecular flexibility index (Phi) is 5.91. The van der Waals surface area contributed by atoms with Gasteiger partial charge in [-0.15, -0.1) is 0 Å². The van der Waals surface area contributed by atoms with Gasteiger partial charge < -0.3 is 5.11 Å². The molecule has 0 bridgehead atoms. The van der Waals surface area contributed by atoms with Crippen LogP contribution >= 0.6 is 0 Å². The first-order chi connectivity index (χ1) is 9.29. The summed E-state index contributed by atoms with van der Waals surface area (Å²) in [6, 6.07) is 10.7. The van der Waals surface area contributed by atoms with Gasteiger partial charge in [0.1, 0.15) is 0 Å². The molecule has 0 saturated heterocycles. The second kappa shape index (κ2) is 7.69. The lowest BCUT2D eigenvalue weighted by Crippen LogP contribution is -2.29. The van der Waals surface area contributed by atoms with Crippen LogP contribution in [0, 0.1) is 11.8 Å². The zero-order valence-electron chi connectivity index (χ0n) is 12.2. The quantitative estimate of drug-likeness (QED) is 0.793. The lowest BCUT2D eigenvalue weighted by atomic mass is 9.75. The summed E-state index contributed by atoms with van der Waals surface area (Å²) in [6.45, 7) is 2.27. The number of aliphatic hydroxyl groups excluding tert-OH is 1. The Balaban J connectivity index is 1.74. The summed E-state index contributed by atoms with van der Waals surface area (Å²) < 4.78 is 0. The summed E-state index contributed by atoms with van der Waals surface area (Å²) in [5.74, 6) is 1.42. The molecule has 1 aliphatic rings. The van der Waals surface area contributed by atoms with Crippen molar-refractivity contribution >= 4 is 0 Å². The van der Waals surface area contributed by atoms with Crippen LogP contribution in [0.5, 0.6) is 0 Å². The summed E-state index contributed by atoms with van der Waals surface area (Å²) in [5.41, 5.74) is 1.43. The number of hydrogen-bond acceptors (Lipinski definition) is 1. The van der Waals surface area contributed by atoms with Gasteiger partial charge in [0.2, 0.25) is 0 Å². The van der Waals surface area contributed by atoms with E-state index in [1.807, 2.05) is 0 Å². The van der Waals surface area contributed by atoms with Crippen molar-refractivity contribution < 1.29 is 5.11 Å². The molecule has 1 aliphatic carbocycles. The average molecular weight is 260 g/mol. The van der Waals surface area contributed by atoms with Gasteiger partial charge in [0, 0.05) is 0 Å². The molecule has 1 heteroatoms. The Hall–Kier alpha value is -0.820. The summed E-state index contributed by atoms with van der Waals surface area (Å²) >= 11 is 0. The van der Waals surface area contributed by atoms with Gasteiger partial charge in [0.05, 0.1) is 6.10 Å². The second-order valence-corrected chi connectivity index (χ2v) is 6.17. The van der Waals surface area contributed by atoms with Gasteiger partial charge >= 0.3 is 0 Å². The summed E-state index contributed by atoms with van der Waals surface area (Å²) in [7, 11) is 0. The predicted molar refractivity (Wildman–Crippen MR) is 81.1 cm³/mol. The number of aryl methyl sites for hydroxylation is 1. The molecular weight excluding hydrogens is 232 g/mol. The molecule has 0 aromatic heterocycles. The van der Waals surface area contributed by atoms with Crippen molar-refractivity contribution in [2.24, 2.45) is 11.8 Å². The highest BCUT2D eigenvalue weighted by atomic mass is 16.3. The number of benzene rings is 1. The molecule has 106 valence electrons. The molecule has 1 fully saturated rings. The lowest BCUT2D eigenvalue weighted by molar-refractivity contribution is 0.0409. The molecule has 0 heterocycles. The Bertz CT molecular complexity index is 346. The van der Waals surface area contributed by atoms with Crippen molar-refractivity contribution in [1.29, 1.82) is 0 Å². The predicted octanol–water partition coefficient (Wildman–Crippen LogP) is 4.59. The van der Waals surface area contributed by atoms with Crippen LogP contribution in [0.1, 0.15) is 57.4 Å². The lowest BCUT2D eigenvalue weighted by Gasteiger charge is -2.33. The third-order valence-corrected chi connectivity index (χ3v) is 4.63. The Morgan fingerprint density at radius 2 is 1.89 bits per heavy atom. The fraction of sp³-hybridized carbons (Fsp3) is 0.667. The van der Waals surface area contributed by atoms with E-state index in [1.165, 1.54) is 44.1 Å². The molecule has 1 aromatic carbocycles. The van der Waals surface area contributed by atoms with Crippen LogP contribution in [-0.2, 0) is 6.42 Å². The minimum absolute atomic E-state index is 0.0381. The fourth-order valence-corrected chi connectivity index (χ4v) is 3.54. The van der Waals surface area contributed by atoms with Crippen LogP contribution in [-0.4, -0.2) is 11.2 Å². The molecule has 0 radical (unpaired) electrons. The van der Waals surface area contributed by atoms with E-state index in [0.29, 0.717) is 5.92 Å². The summed E-state index contributed by atoms with van der Waals surface area (Å²) in [5, 5.41) is 10.2. The van der Waals surface area contributed by atoms with Crippen LogP contribution in [0.3, 0.4) is 0 Å². The molecule has 0 spiro atoms.